The van der Waals surface area contributed by atoms with Gasteiger partial charge in [-0.25, -0.2) is 4.79 Å². The lowest BCUT2D eigenvalue weighted by molar-refractivity contribution is 0.0694. The summed E-state index contributed by atoms with van der Waals surface area (Å²) in [4.78, 5) is 11.6. The Balaban J connectivity index is 1.83. The highest BCUT2D eigenvalue weighted by atomic mass is 16.4. The van der Waals surface area contributed by atoms with Crippen molar-refractivity contribution in [2.75, 3.05) is 0 Å². The van der Waals surface area contributed by atoms with Gasteiger partial charge in [0.15, 0.2) is 0 Å². The van der Waals surface area contributed by atoms with E-state index in [1.165, 1.54) is 6.07 Å². The Morgan fingerprint density at radius 3 is 2.20 bits per heavy atom. The Bertz CT molecular complexity index is 802. The summed E-state index contributed by atoms with van der Waals surface area (Å²) < 4.78 is 0. The number of aryl methyl sites for hydroxylation is 1. The zero-order chi connectivity index (χ0) is 18.1. The van der Waals surface area contributed by atoms with Crippen LogP contribution in [0.15, 0.2) is 30.3 Å². The first-order valence-electron chi connectivity index (χ1n) is 8.73. The molecule has 3 N–H and O–H groups in total. The minimum absolute atomic E-state index is 0.0661. The van der Waals surface area contributed by atoms with Gasteiger partial charge in [-0.05, 0) is 85.8 Å². The van der Waals surface area contributed by atoms with Crippen molar-refractivity contribution in [2.45, 2.75) is 51.4 Å². The molecular weight excluding hydrogens is 316 g/mol. The van der Waals surface area contributed by atoms with Crippen molar-refractivity contribution in [2.24, 2.45) is 0 Å². The van der Waals surface area contributed by atoms with Gasteiger partial charge in [-0.3, -0.25) is 0 Å². The minimum Gasteiger partial charge on any atom is -0.508 e. The van der Waals surface area contributed by atoms with E-state index in [-0.39, 0.29) is 23.3 Å². The fourth-order valence-electron chi connectivity index (χ4n) is 4.12. The molecule has 25 heavy (non-hydrogen) atoms. The standard InChI is InChI=1S/C21H24O4/c1-12-3-9-18(21(24)25)20(13(12)2)15-6-4-14(5-7-15)17-10-8-16(22)11-19(17)23/h3,8-11,14-15,22-23H,4-7H2,1-2H3,(H,24,25). The molecule has 1 fully saturated rings. The van der Waals surface area contributed by atoms with Gasteiger partial charge in [-0.15, -0.1) is 0 Å². The van der Waals surface area contributed by atoms with Crippen LogP contribution in [0.3, 0.4) is 0 Å². The number of carbonyl (C=O) groups is 1. The first kappa shape index (κ1) is 17.3. The van der Waals surface area contributed by atoms with E-state index in [0.717, 1.165) is 47.9 Å². The number of rotatable bonds is 3. The van der Waals surface area contributed by atoms with Crippen LogP contribution in [0, 0.1) is 13.8 Å². The highest BCUT2D eigenvalue weighted by Crippen LogP contribution is 2.45. The van der Waals surface area contributed by atoms with Crippen LogP contribution >= 0.6 is 0 Å². The third-order valence-electron chi connectivity index (χ3n) is 5.61. The molecule has 0 heterocycles. The minimum atomic E-state index is -0.864. The number of carboxylic acid groups (broad SMARTS) is 1. The molecule has 2 aromatic carbocycles. The number of aromatic carboxylic acids is 1. The molecule has 4 heteroatoms. The van der Waals surface area contributed by atoms with E-state index in [9.17, 15) is 20.1 Å². The number of aromatic hydroxyl groups is 2. The fourth-order valence-corrected chi connectivity index (χ4v) is 4.12. The topological polar surface area (TPSA) is 77.8 Å². The summed E-state index contributed by atoms with van der Waals surface area (Å²) in [5, 5.41) is 29.1. The molecule has 0 saturated heterocycles. The summed E-state index contributed by atoms with van der Waals surface area (Å²) in [5.74, 6) is -0.175. The van der Waals surface area contributed by atoms with Crippen molar-refractivity contribution in [3.05, 3.63) is 58.1 Å². The number of benzene rings is 2. The van der Waals surface area contributed by atoms with Crippen LogP contribution in [0.4, 0.5) is 0 Å². The third-order valence-corrected chi connectivity index (χ3v) is 5.61. The molecule has 1 aliphatic rings. The zero-order valence-corrected chi connectivity index (χ0v) is 14.6. The lowest BCUT2D eigenvalue weighted by atomic mass is 9.73. The predicted molar refractivity (Wildman–Crippen MR) is 96.6 cm³/mol. The average molecular weight is 340 g/mol. The quantitative estimate of drug-likeness (QED) is 0.746. The molecule has 0 spiro atoms. The number of hydrogen-bond donors (Lipinski definition) is 3. The van der Waals surface area contributed by atoms with Crippen LogP contribution in [0.25, 0.3) is 0 Å². The van der Waals surface area contributed by atoms with Gasteiger partial charge in [0.25, 0.3) is 0 Å². The summed E-state index contributed by atoms with van der Waals surface area (Å²) >= 11 is 0. The summed E-state index contributed by atoms with van der Waals surface area (Å²) in [6, 6.07) is 8.37. The van der Waals surface area contributed by atoms with Crippen LogP contribution < -0.4 is 0 Å². The second-order valence-corrected chi connectivity index (χ2v) is 7.07. The molecule has 0 atom stereocenters. The Morgan fingerprint density at radius 2 is 1.60 bits per heavy atom. The first-order valence-corrected chi connectivity index (χ1v) is 8.73. The van der Waals surface area contributed by atoms with Crippen molar-refractivity contribution in [3.8, 4) is 11.5 Å². The number of phenols is 2. The van der Waals surface area contributed by atoms with Gasteiger partial charge in [0.1, 0.15) is 11.5 Å². The second-order valence-electron chi connectivity index (χ2n) is 7.07. The molecule has 3 rings (SSSR count). The molecule has 0 unspecified atom stereocenters. The molecule has 1 saturated carbocycles. The molecule has 132 valence electrons. The van der Waals surface area contributed by atoms with Gasteiger partial charge < -0.3 is 15.3 Å². The van der Waals surface area contributed by atoms with E-state index in [2.05, 4.69) is 0 Å². The van der Waals surface area contributed by atoms with Crippen molar-refractivity contribution in [3.63, 3.8) is 0 Å². The summed E-state index contributed by atoms with van der Waals surface area (Å²) in [5.41, 5.74) is 4.46. The lowest BCUT2D eigenvalue weighted by Crippen LogP contribution is -2.16. The van der Waals surface area contributed by atoms with Gasteiger partial charge in [-0.2, -0.15) is 0 Å². The Labute approximate surface area is 147 Å². The Morgan fingerprint density at radius 1 is 0.960 bits per heavy atom. The van der Waals surface area contributed by atoms with E-state index in [1.54, 1.807) is 18.2 Å². The van der Waals surface area contributed by atoms with E-state index >= 15 is 0 Å². The Kier molecular flexibility index (Phi) is 4.71. The monoisotopic (exact) mass is 340 g/mol. The molecule has 0 aliphatic heterocycles. The van der Waals surface area contributed by atoms with Gasteiger partial charge in [0.05, 0.1) is 5.56 Å². The van der Waals surface area contributed by atoms with Gasteiger partial charge >= 0.3 is 5.97 Å². The van der Waals surface area contributed by atoms with Gasteiger partial charge in [0.2, 0.25) is 0 Å². The molecular formula is C21H24O4. The molecule has 0 aromatic heterocycles. The predicted octanol–water partition coefficient (Wildman–Crippen LogP) is 4.85. The maximum absolute atomic E-state index is 11.6. The zero-order valence-electron chi connectivity index (χ0n) is 14.6. The van der Waals surface area contributed by atoms with E-state index in [4.69, 9.17) is 0 Å². The molecule has 0 bridgehead atoms. The van der Waals surface area contributed by atoms with Crippen LogP contribution in [-0.2, 0) is 0 Å². The molecule has 1 aliphatic carbocycles. The van der Waals surface area contributed by atoms with Crippen LogP contribution in [0.5, 0.6) is 11.5 Å². The fraction of sp³-hybridized carbons (Fsp3) is 0.381. The SMILES string of the molecule is Cc1ccc(C(=O)O)c(C2CCC(c3ccc(O)cc3O)CC2)c1C. The van der Waals surface area contributed by atoms with E-state index in [1.807, 2.05) is 19.9 Å². The molecule has 2 aromatic rings. The highest BCUT2D eigenvalue weighted by Gasteiger charge is 2.29. The third kappa shape index (κ3) is 3.34. The molecule has 0 amide bonds. The van der Waals surface area contributed by atoms with Crippen molar-refractivity contribution < 1.29 is 20.1 Å². The number of hydrogen-bond acceptors (Lipinski definition) is 3. The van der Waals surface area contributed by atoms with Crippen LogP contribution in [0.1, 0.15) is 70.1 Å². The van der Waals surface area contributed by atoms with Crippen LogP contribution in [-0.4, -0.2) is 21.3 Å². The number of carboxylic acids is 1. The average Bonchev–Trinajstić information content (AvgIpc) is 2.57. The van der Waals surface area contributed by atoms with Gasteiger partial charge in [-0.1, -0.05) is 12.1 Å². The number of phenolic OH excluding ortho intramolecular Hbond substituents is 2. The summed E-state index contributed by atoms with van der Waals surface area (Å²) in [7, 11) is 0. The highest BCUT2D eigenvalue weighted by molar-refractivity contribution is 5.90. The molecule has 4 nitrogen and oxygen atoms in total. The second kappa shape index (κ2) is 6.79. The summed E-state index contributed by atoms with van der Waals surface area (Å²) in [6.07, 6.45) is 3.59. The lowest BCUT2D eigenvalue weighted by Gasteiger charge is -2.31. The summed E-state index contributed by atoms with van der Waals surface area (Å²) in [6.45, 7) is 4.03. The smallest absolute Gasteiger partial charge is 0.335 e. The van der Waals surface area contributed by atoms with E-state index in [0.29, 0.717) is 5.56 Å². The van der Waals surface area contributed by atoms with Crippen LogP contribution in [0.2, 0.25) is 0 Å². The largest absolute Gasteiger partial charge is 0.508 e. The normalized spacial score (nSPS) is 20.4. The van der Waals surface area contributed by atoms with Crippen molar-refractivity contribution in [1.82, 2.24) is 0 Å². The van der Waals surface area contributed by atoms with Gasteiger partial charge in [0, 0.05) is 6.07 Å². The first-order chi connectivity index (χ1) is 11.9. The van der Waals surface area contributed by atoms with Crippen molar-refractivity contribution >= 4 is 5.97 Å². The van der Waals surface area contributed by atoms with Crippen molar-refractivity contribution in [1.29, 1.82) is 0 Å². The maximum atomic E-state index is 11.6. The maximum Gasteiger partial charge on any atom is 0.335 e. The van der Waals surface area contributed by atoms with E-state index < -0.39 is 5.97 Å². The Hall–Kier alpha value is -2.49. The molecule has 0 radical (unpaired) electrons.